The molecule has 2 aromatic heterocycles. The molecule has 0 bridgehead atoms. The number of fused-ring (bicyclic) bond motifs is 1. The summed E-state index contributed by atoms with van der Waals surface area (Å²) in [6.45, 7) is 1.60. The number of halogens is 3. The molecule has 2 aromatic rings. The monoisotopic (exact) mass is 609 g/mol. The molecule has 0 aromatic carbocycles. The van der Waals surface area contributed by atoms with Crippen LogP contribution in [0.2, 0.25) is 10.0 Å². The van der Waals surface area contributed by atoms with Gasteiger partial charge in [0.1, 0.15) is 18.5 Å². The summed E-state index contributed by atoms with van der Waals surface area (Å²) in [5, 5.41) is 16.5. The van der Waals surface area contributed by atoms with Gasteiger partial charge in [0.2, 0.25) is 5.91 Å². The Morgan fingerprint density at radius 1 is 1.22 bits per heavy atom. The lowest BCUT2D eigenvalue weighted by Crippen LogP contribution is -2.47. The van der Waals surface area contributed by atoms with Crippen molar-refractivity contribution in [2.45, 2.75) is 68.9 Å². The van der Waals surface area contributed by atoms with Gasteiger partial charge in [-0.25, -0.2) is 14.2 Å². The molecule has 2 unspecified atom stereocenters. The van der Waals surface area contributed by atoms with Crippen LogP contribution in [0.25, 0.3) is 0 Å². The molecule has 12 heteroatoms. The summed E-state index contributed by atoms with van der Waals surface area (Å²) in [5.74, 6) is -0.580. The largest absolute Gasteiger partial charge is 0.480 e. The first-order valence-corrected chi connectivity index (χ1v) is 14.9. The van der Waals surface area contributed by atoms with Crippen LogP contribution in [-0.4, -0.2) is 84.0 Å². The second kappa shape index (κ2) is 14.6. The van der Waals surface area contributed by atoms with Gasteiger partial charge < -0.3 is 25.4 Å². The summed E-state index contributed by atoms with van der Waals surface area (Å²) in [5.41, 5.74) is 1.80. The molecule has 3 heterocycles. The maximum Gasteiger partial charge on any atom is 0.326 e. The van der Waals surface area contributed by atoms with Crippen LogP contribution in [0.15, 0.2) is 24.5 Å². The molecule has 0 saturated heterocycles. The van der Waals surface area contributed by atoms with Gasteiger partial charge in [0.15, 0.2) is 0 Å². The van der Waals surface area contributed by atoms with Gasteiger partial charge in [-0.05, 0) is 69.5 Å². The van der Waals surface area contributed by atoms with Crippen molar-refractivity contribution in [3.63, 3.8) is 0 Å². The zero-order chi connectivity index (χ0) is 29.4. The molecule has 0 radical (unpaired) electrons. The fraction of sp³-hybridized carbons (Fsp3) is 0.586. The number of hydrogen-bond acceptors (Lipinski definition) is 7. The number of aromatic nitrogens is 2. The van der Waals surface area contributed by atoms with Gasteiger partial charge in [-0.1, -0.05) is 29.3 Å². The van der Waals surface area contributed by atoms with E-state index < -0.39 is 36.1 Å². The minimum atomic E-state index is -1.14. The smallest absolute Gasteiger partial charge is 0.326 e. The Balaban J connectivity index is 1.33. The number of nitrogens with one attached hydrogen (secondary N) is 2. The van der Waals surface area contributed by atoms with Crippen molar-refractivity contribution in [3.8, 4) is 0 Å². The highest BCUT2D eigenvalue weighted by Gasteiger charge is 2.54. The minimum absolute atomic E-state index is 0.149. The van der Waals surface area contributed by atoms with E-state index in [1.807, 2.05) is 4.90 Å². The normalized spacial score (nSPS) is 16.9. The van der Waals surface area contributed by atoms with Gasteiger partial charge in [0, 0.05) is 50.4 Å². The van der Waals surface area contributed by atoms with E-state index >= 15 is 0 Å². The maximum absolute atomic E-state index is 13.5. The predicted molar refractivity (Wildman–Crippen MR) is 157 cm³/mol. The Hall–Kier alpha value is -2.53. The van der Waals surface area contributed by atoms with Crippen molar-refractivity contribution in [1.82, 2.24) is 20.2 Å². The Morgan fingerprint density at radius 3 is 2.63 bits per heavy atom. The zero-order valence-electron chi connectivity index (χ0n) is 23.3. The third kappa shape index (κ3) is 8.06. The number of aryl methyl sites for hydroxylation is 2. The summed E-state index contributed by atoms with van der Waals surface area (Å²) in [4.78, 5) is 36.1. The number of amides is 1. The molecule has 41 heavy (non-hydrogen) atoms. The quantitative estimate of drug-likeness (QED) is 0.239. The third-order valence-electron chi connectivity index (χ3n) is 7.93. The molecule has 224 valence electrons. The van der Waals surface area contributed by atoms with E-state index in [-0.39, 0.29) is 16.5 Å². The molecular weight excluding hydrogens is 572 g/mol. The van der Waals surface area contributed by atoms with Crippen LogP contribution in [0.5, 0.6) is 0 Å². The summed E-state index contributed by atoms with van der Waals surface area (Å²) in [6.07, 6.45) is 8.10. The molecule has 1 fully saturated rings. The summed E-state index contributed by atoms with van der Waals surface area (Å²) >= 11 is 12.6. The van der Waals surface area contributed by atoms with Gasteiger partial charge in [-0.2, -0.15) is 0 Å². The van der Waals surface area contributed by atoms with E-state index in [0.717, 1.165) is 50.2 Å². The zero-order valence-corrected chi connectivity index (χ0v) is 24.8. The first-order valence-electron chi connectivity index (χ1n) is 14.1. The van der Waals surface area contributed by atoms with E-state index in [9.17, 15) is 19.1 Å². The number of carbonyl (C=O) groups excluding carboxylic acids is 1. The number of carboxylic acids is 1. The lowest BCUT2D eigenvalue weighted by molar-refractivity contribution is -0.142. The Morgan fingerprint density at radius 2 is 1.98 bits per heavy atom. The highest BCUT2D eigenvalue weighted by molar-refractivity contribution is 6.36. The summed E-state index contributed by atoms with van der Waals surface area (Å²) in [6, 6.07) is 3.09. The Kier molecular flexibility index (Phi) is 11.2. The predicted octanol–water partition coefficient (Wildman–Crippen LogP) is 4.44. The van der Waals surface area contributed by atoms with Gasteiger partial charge in [0.05, 0.1) is 21.6 Å². The second-order valence-corrected chi connectivity index (χ2v) is 11.6. The van der Waals surface area contributed by atoms with Crippen LogP contribution < -0.4 is 10.6 Å². The molecule has 2 aliphatic rings. The maximum atomic E-state index is 13.5. The number of aliphatic carboxylic acids is 1. The number of ether oxygens (including phenoxy) is 1. The highest BCUT2D eigenvalue weighted by Crippen LogP contribution is 2.52. The number of alkyl halides is 1. The fourth-order valence-corrected chi connectivity index (χ4v) is 6.09. The van der Waals surface area contributed by atoms with E-state index in [2.05, 4.69) is 27.8 Å². The molecule has 0 spiro atoms. The van der Waals surface area contributed by atoms with Gasteiger partial charge in [0.25, 0.3) is 0 Å². The van der Waals surface area contributed by atoms with E-state index in [1.54, 1.807) is 0 Å². The number of hydrogen-bond donors (Lipinski definition) is 3. The molecule has 1 amide bonds. The topological polar surface area (TPSA) is 117 Å². The van der Waals surface area contributed by atoms with Gasteiger partial charge in [-0.3, -0.25) is 9.78 Å². The second-order valence-electron chi connectivity index (χ2n) is 10.8. The van der Waals surface area contributed by atoms with Crippen molar-refractivity contribution in [2.75, 3.05) is 45.3 Å². The number of rotatable bonds is 16. The highest BCUT2D eigenvalue weighted by atomic mass is 35.5. The molecule has 4 rings (SSSR count). The van der Waals surface area contributed by atoms with Crippen LogP contribution in [-0.2, 0) is 32.6 Å². The summed E-state index contributed by atoms with van der Waals surface area (Å²) < 4.78 is 18.7. The third-order valence-corrected chi connectivity index (χ3v) is 8.50. The lowest BCUT2D eigenvalue weighted by atomic mass is 9.95. The van der Waals surface area contributed by atoms with Gasteiger partial charge in [-0.15, -0.1) is 0 Å². The molecule has 1 saturated carbocycles. The Labute approximate surface area is 250 Å². The molecule has 3 N–H and O–H groups in total. The van der Waals surface area contributed by atoms with Crippen molar-refractivity contribution < 1.29 is 23.8 Å². The first kappa shape index (κ1) is 31.4. The van der Waals surface area contributed by atoms with Crippen molar-refractivity contribution in [1.29, 1.82) is 0 Å². The molecule has 1 aliphatic carbocycles. The van der Waals surface area contributed by atoms with Crippen LogP contribution in [0.3, 0.4) is 0 Å². The number of pyridine rings is 2. The van der Waals surface area contributed by atoms with Crippen LogP contribution in [0.1, 0.15) is 55.3 Å². The standard InChI is InChI=1S/C29H38Cl2FN5O4/c1-41-21(15-32)18-37(13-3-2-6-20-8-7-19-5-4-12-34-26(19)35-20)14-9-24(27(38)39)36-28(40)29(10-11-29)25-22(30)16-33-17-23(25)31/h7-8,16-17,21,24H,2-6,9-15,18H2,1H3,(H,34,35)(H,36,40)(H,38,39). The molecule has 9 nitrogen and oxygen atoms in total. The molecule has 2 atom stereocenters. The van der Waals surface area contributed by atoms with Crippen molar-refractivity contribution in [3.05, 3.63) is 51.4 Å². The number of anilines is 1. The van der Waals surface area contributed by atoms with Gasteiger partial charge >= 0.3 is 5.97 Å². The number of carboxylic acid groups (broad SMARTS) is 1. The molecular formula is C29H38Cl2FN5O4. The number of methoxy groups -OCH3 is 1. The lowest BCUT2D eigenvalue weighted by Gasteiger charge is -2.28. The van der Waals surface area contributed by atoms with E-state index in [0.29, 0.717) is 38.0 Å². The van der Waals surface area contributed by atoms with Crippen LogP contribution >= 0.6 is 23.2 Å². The average Bonchev–Trinajstić information content (AvgIpc) is 3.77. The van der Waals surface area contributed by atoms with E-state index in [4.69, 9.17) is 32.9 Å². The number of unbranched alkanes of at least 4 members (excludes halogenated alkanes) is 1. The van der Waals surface area contributed by atoms with Crippen molar-refractivity contribution in [2.24, 2.45) is 0 Å². The van der Waals surface area contributed by atoms with Crippen LogP contribution in [0.4, 0.5) is 10.2 Å². The SMILES string of the molecule is COC(CF)CN(CCCCc1ccc2c(n1)NCCC2)CCC(NC(=O)C1(c2c(Cl)cncc2Cl)CC1)C(=O)O. The van der Waals surface area contributed by atoms with Crippen molar-refractivity contribution >= 4 is 40.9 Å². The fourth-order valence-electron chi connectivity index (χ4n) is 5.37. The number of carbonyl (C=O) groups is 2. The molecule has 1 aliphatic heterocycles. The number of nitrogens with zero attached hydrogens (tertiary/aromatic N) is 3. The van der Waals surface area contributed by atoms with E-state index in [1.165, 1.54) is 25.1 Å². The minimum Gasteiger partial charge on any atom is -0.480 e. The Bertz CT molecular complexity index is 1190. The first-order chi connectivity index (χ1) is 19.8. The average molecular weight is 611 g/mol. The summed E-state index contributed by atoms with van der Waals surface area (Å²) in [7, 11) is 1.46. The van der Waals surface area contributed by atoms with Crippen LogP contribution in [0, 0.1) is 0 Å².